The number of nitrogens with zero attached hydrogens (tertiary/aromatic N) is 6. The number of unbranched alkanes of at least 4 members (excludes halogenated alkanes) is 2. The molecule has 1 aliphatic carbocycles. The number of anilines is 2. The molecule has 548 valence electrons. The van der Waals surface area contributed by atoms with Crippen molar-refractivity contribution in [2.24, 2.45) is 0 Å². The number of alkyl halides is 6. The van der Waals surface area contributed by atoms with Gasteiger partial charge in [0.05, 0.1) is 29.5 Å². The molecule has 0 radical (unpaired) electrons. The minimum absolute atomic E-state index is 0. The smallest absolute Gasteiger partial charge is 0.416 e. The van der Waals surface area contributed by atoms with Crippen molar-refractivity contribution in [2.45, 2.75) is 113 Å². The third kappa shape index (κ3) is 20.7. The zero-order valence-electron chi connectivity index (χ0n) is 57.2. The Balaban J connectivity index is 0.00000477. The van der Waals surface area contributed by atoms with Crippen LogP contribution in [0.3, 0.4) is 0 Å². The molecule has 1 spiro atoms. The summed E-state index contributed by atoms with van der Waals surface area (Å²) in [6, 6.07) is 37.6. The number of hydrogen-bond donors (Lipinski definition) is 2. The average Bonchev–Trinajstić information content (AvgIpc) is 1.60. The molecule has 6 aromatic carbocycles. The maximum Gasteiger partial charge on any atom is 0.416 e. The van der Waals surface area contributed by atoms with Gasteiger partial charge in [-0.1, -0.05) is 91.3 Å². The van der Waals surface area contributed by atoms with Crippen molar-refractivity contribution in [2.75, 3.05) is 117 Å². The first-order valence-electron chi connectivity index (χ1n) is 33.7. The van der Waals surface area contributed by atoms with Gasteiger partial charge in [-0.05, 0) is 160 Å². The normalized spacial score (nSPS) is 17.6. The maximum absolute atomic E-state index is 14.2. The molecule has 6 aromatic rings. The molecule has 3 heterocycles. The summed E-state index contributed by atoms with van der Waals surface area (Å²) < 4.78 is 116. The molecule has 10 rings (SSSR count). The van der Waals surface area contributed by atoms with Crippen molar-refractivity contribution in [1.29, 1.82) is 0 Å². The third-order valence-corrected chi connectivity index (χ3v) is 19.8. The summed E-state index contributed by atoms with van der Waals surface area (Å²) in [7, 11) is 5.32. The number of fused-ring (bicyclic) bond motifs is 2. The lowest BCUT2D eigenvalue weighted by Gasteiger charge is -2.44. The zero-order chi connectivity index (χ0) is 69.8. The van der Waals surface area contributed by atoms with Gasteiger partial charge in [0, 0.05) is 108 Å². The summed E-state index contributed by atoms with van der Waals surface area (Å²) in [6.07, 6.45) is -4.03. The summed E-state index contributed by atoms with van der Waals surface area (Å²) in [5.41, 5.74) is 2.18. The van der Waals surface area contributed by atoms with Crippen LogP contribution in [0.1, 0.15) is 118 Å². The fourth-order valence-corrected chi connectivity index (χ4v) is 14.0. The molecule has 26 heteroatoms. The molecule has 5 amide bonds. The predicted octanol–water partition coefficient (Wildman–Crippen LogP) is 14.6. The van der Waals surface area contributed by atoms with Crippen LogP contribution in [-0.2, 0) is 53.6 Å². The monoisotopic (exact) mass is 1470 g/mol. The van der Waals surface area contributed by atoms with Gasteiger partial charge in [0.15, 0.2) is 0 Å². The molecule has 2 N–H and O–H groups in total. The number of rotatable bonds is 26. The second-order valence-electron chi connectivity index (χ2n) is 26.4. The summed E-state index contributed by atoms with van der Waals surface area (Å²) in [5, 5.41) is 6.42. The summed E-state index contributed by atoms with van der Waals surface area (Å²) in [6.45, 7) is 7.27. The minimum atomic E-state index is -5.15. The lowest BCUT2D eigenvalue weighted by molar-refractivity contribution is -0.143. The zero-order valence-corrected chi connectivity index (χ0v) is 59.7. The number of carbonyl (C=O) groups is 5. The lowest BCUT2D eigenvalue weighted by atomic mass is 9.72. The second kappa shape index (κ2) is 36.1. The summed E-state index contributed by atoms with van der Waals surface area (Å²) >= 11 is 0. The van der Waals surface area contributed by atoms with E-state index in [0.717, 1.165) is 96.7 Å². The highest BCUT2D eigenvalue weighted by molar-refractivity contribution is 5.96. The van der Waals surface area contributed by atoms with E-state index in [4.69, 9.17) is 14.2 Å². The number of amides is 5. The predicted molar refractivity (Wildman–Crippen MR) is 382 cm³/mol. The highest BCUT2D eigenvalue weighted by atomic mass is 35.5. The SMILES string of the molecule is Cc1cc(C(=O)N(C)CCCN(C)C(=O)CO[C@H]2Cc3ccccc3C23CCN(CC[C@@]2(c4ccc(F)cc4)CN(C(=O)c4cc(C(F)(F)F)cc(C(F)(F)F)c4)CO2)CC3)ccc1NCCCCCC(=O)N(C)CCN1CCC(OC(=O)Nc2ccccc2-c2ccccc2)CC1.Cl.Cl.Cl. The molecule has 0 aromatic heterocycles. The number of benzene rings is 6. The van der Waals surface area contributed by atoms with Crippen LogP contribution in [0.5, 0.6) is 0 Å². The quantitative estimate of drug-likeness (QED) is 0.0394. The summed E-state index contributed by atoms with van der Waals surface area (Å²) in [4.78, 5) is 77.6. The van der Waals surface area contributed by atoms with E-state index in [1.165, 1.54) is 24.3 Å². The number of aryl methyl sites for hydroxylation is 1. The molecule has 4 aliphatic rings. The van der Waals surface area contributed by atoms with Crippen LogP contribution < -0.4 is 10.6 Å². The Morgan fingerprint density at radius 2 is 1.28 bits per heavy atom. The largest absolute Gasteiger partial charge is 0.446 e. The molecular weight excluding hydrogens is 1380 g/mol. The highest BCUT2D eigenvalue weighted by Gasteiger charge is 2.50. The Bertz CT molecular complexity index is 3720. The van der Waals surface area contributed by atoms with Crippen LogP contribution in [-0.4, -0.2) is 178 Å². The highest BCUT2D eigenvalue weighted by Crippen LogP contribution is 2.49. The fourth-order valence-electron chi connectivity index (χ4n) is 14.0. The van der Waals surface area contributed by atoms with Crippen molar-refractivity contribution in [3.8, 4) is 11.1 Å². The van der Waals surface area contributed by atoms with E-state index in [-0.39, 0.29) is 92.8 Å². The standard InChI is InChI=1S/C75H87F7N8O8.3ClH/c1-52-44-55(23-28-64(52)83-34-14-6-9-22-67(91)86(3)42-43-88-37-29-61(30-38-88)98-71(95)84-65-21-13-11-19-62(65)53-16-7-5-8-17-53)69(93)87(4)36-15-35-85(2)68(92)49-96-66-47-54-18-10-12-20-63(54)72(66)31-39-89(40-32-72)41-33-73(57-24-26-60(76)27-25-57)50-90(51-97-73)70(94)56-45-58(74(77,78)79)48-59(46-56)75(80,81)82;;;/h5,7-8,10-13,16-21,23-28,44-46,48,61,66,83H,6,9,14-15,22,29-43,47,49-51H2,1-4H3,(H,84,95);3*1H/t66-,73-;;;/m0.../s1. The van der Waals surface area contributed by atoms with Crippen LogP contribution in [0.2, 0.25) is 0 Å². The summed E-state index contributed by atoms with van der Waals surface area (Å²) in [5.74, 6) is -1.82. The van der Waals surface area contributed by atoms with E-state index < -0.39 is 64.6 Å². The fraction of sp³-hybridized carbons (Fsp3) is 0.453. The molecule has 3 fully saturated rings. The van der Waals surface area contributed by atoms with Crippen LogP contribution in [0.4, 0.5) is 46.9 Å². The number of halogens is 10. The molecule has 0 saturated carbocycles. The van der Waals surface area contributed by atoms with Gasteiger partial charge in [-0.2, -0.15) is 26.3 Å². The van der Waals surface area contributed by atoms with Gasteiger partial charge in [-0.15, -0.1) is 37.2 Å². The van der Waals surface area contributed by atoms with Crippen molar-refractivity contribution in [3.63, 3.8) is 0 Å². The van der Waals surface area contributed by atoms with Gasteiger partial charge in [-0.25, -0.2) is 9.18 Å². The lowest BCUT2D eigenvalue weighted by Crippen LogP contribution is -2.50. The van der Waals surface area contributed by atoms with E-state index in [0.29, 0.717) is 100 Å². The van der Waals surface area contributed by atoms with Gasteiger partial charge in [0.2, 0.25) is 11.8 Å². The first-order chi connectivity index (χ1) is 46.9. The topological polar surface area (TPSA) is 157 Å². The molecular formula is C75H90Cl3F7N8O8. The number of likely N-dealkylation sites (N-methyl/N-ethyl adjacent to an activating group) is 2. The Hall–Kier alpha value is -7.51. The van der Waals surface area contributed by atoms with Crippen LogP contribution in [0.15, 0.2) is 140 Å². The number of hydrogen-bond acceptors (Lipinski definition) is 11. The molecule has 3 aliphatic heterocycles. The van der Waals surface area contributed by atoms with Gasteiger partial charge in [0.25, 0.3) is 11.8 Å². The minimum Gasteiger partial charge on any atom is -0.446 e. The molecule has 3 saturated heterocycles. The first-order valence-corrected chi connectivity index (χ1v) is 33.7. The number of piperidine rings is 2. The van der Waals surface area contributed by atoms with E-state index in [9.17, 15) is 54.7 Å². The first kappa shape index (κ1) is 80.8. The molecule has 0 unspecified atom stereocenters. The van der Waals surface area contributed by atoms with E-state index in [1.54, 1.807) is 28.8 Å². The Morgan fingerprint density at radius 1 is 0.644 bits per heavy atom. The molecule has 16 nitrogen and oxygen atoms in total. The second-order valence-corrected chi connectivity index (χ2v) is 26.4. The maximum atomic E-state index is 14.2. The van der Waals surface area contributed by atoms with Crippen molar-refractivity contribution < 1.29 is 68.9 Å². The number of ether oxygens (including phenoxy) is 3. The van der Waals surface area contributed by atoms with Crippen molar-refractivity contribution >= 4 is 78.3 Å². The molecule has 101 heavy (non-hydrogen) atoms. The van der Waals surface area contributed by atoms with Crippen molar-refractivity contribution in [3.05, 3.63) is 190 Å². The van der Waals surface area contributed by atoms with E-state index >= 15 is 0 Å². The number of carbonyl (C=O) groups excluding carboxylic acids is 5. The number of para-hydroxylation sites is 1. The Morgan fingerprint density at radius 3 is 1.96 bits per heavy atom. The van der Waals surface area contributed by atoms with Crippen LogP contribution in [0, 0.1) is 12.7 Å². The van der Waals surface area contributed by atoms with Crippen LogP contribution in [0.25, 0.3) is 11.1 Å². The van der Waals surface area contributed by atoms with E-state index in [2.05, 4.69) is 32.6 Å². The number of nitrogens with one attached hydrogen (secondary N) is 2. The van der Waals surface area contributed by atoms with Gasteiger partial charge in [0.1, 0.15) is 30.9 Å². The Labute approximate surface area is 604 Å². The Kier molecular flexibility index (Phi) is 28.9. The van der Waals surface area contributed by atoms with E-state index in [1.807, 2.05) is 98.9 Å². The van der Waals surface area contributed by atoms with Gasteiger partial charge in [-0.3, -0.25) is 24.5 Å². The number of likely N-dealkylation sites (tertiary alicyclic amines) is 2. The van der Waals surface area contributed by atoms with Gasteiger partial charge < -0.3 is 48.9 Å². The van der Waals surface area contributed by atoms with Gasteiger partial charge >= 0.3 is 18.4 Å². The van der Waals surface area contributed by atoms with Crippen molar-refractivity contribution in [1.82, 2.24) is 29.4 Å². The third-order valence-electron chi connectivity index (χ3n) is 19.8. The molecule has 0 bridgehead atoms. The van der Waals surface area contributed by atoms with Crippen LogP contribution >= 0.6 is 37.2 Å². The molecule has 2 atom stereocenters. The average molecular weight is 1470 g/mol.